The minimum absolute atomic E-state index is 0.642. The van der Waals surface area contributed by atoms with E-state index in [1.165, 1.54) is 12.8 Å². The Morgan fingerprint density at radius 1 is 0.900 bits per heavy atom. The van der Waals surface area contributed by atoms with E-state index in [0.717, 1.165) is 3.92 Å². The van der Waals surface area contributed by atoms with Gasteiger partial charge in [0.2, 0.25) is 0 Å². The standard InChI is InChI=1S/C6H8Br3I/c7-3-1-5(9)6(10)2-4(3)8/h3-6H,1-2H2. The van der Waals surface area contributed by atoms with E-state index in [9.17, 15) is 0 Å². The van der Waals surface area contributed by atoms with Gasteiger partial charge in [0.25, 0.3) is 0 Å². The molecule has 0 bridgehead atoms. The van der Waals surface area contributed by atoms with Gasteiger partial charge in [-0.3, -0.25) is 0 Å². The van der Waals surface area contributed by atoms with E-state index >= 15 is 0 Å². The molecule has 0 heterocycles. The number of hydrogen-bond donors (Lipinski definition) is 0. The molecule has 0 nitrogen and oxygen atoms in total. The fraction of sp³-hybridized carbons (Fsp3) is 1.00. The van der Waals surface area contributed by atoms with Gasteiger partial charge in [-0.1, -0.05) is 70.4 Å². The van der Waals surface area contributed by atoms with Crippen LogP contribution in [-0.4, -0.2) is 18.4 Å². The predicted molar refractivity (Wildman–Crippen MR) is 65.2 cm³/mol. The van der Waals surface area contributed by atoms with Gasteiger partial charge in [-0.15, -0.1) is 0 Å². The van der Waals surface area contributed by atoms with Gasteiger partial charge in [0.05, 0.1) is 0 Å². The first-order valence-electron chi connectivity index (χ1n) is 3.17. The second-order valence-electron chi connectivity index (χ2n) is 2.54. The first kappa shape index (κ1) is 10.3. The highest BCUT2D eigenvalue weighted by atomic mass is 127. The highest BCUT2D eigenvalue weighted by molar-refractivity contribution is 14.1. The lowest BCUT2D eigenvalue weighted by Crippen LogP contribution is -2.33. The van der Waals surface area contributed by atoms with E-state index in [-0.39, 0.29) is 0 Å². The van der Waals surface area contributed by atoms with Crippen LogP contribution in [0, 0.1) is 0 Å². The number of hydrogen-bond acceptors (Lipinski definition) is 0. The summed E-state index contributed by atoms with van der Waals surface area (Å²) < 4.78 is 0.774. The second kappa shape index (κ2) is 4.42. The van der Waals surface area contributed by atoms with Gasteiger partial charge >= 0.3 is 0 Å². The number of alkyl halides is 4. The summed E-state index contributed by atoms with van der Waals surface area (Å²) in [5, 5.41) is 0. The summed E-state index contributed by atoms with van der Waals surface area (Å²) in [5.41, 5.74) is 0. The highest BCUT2D eigenvalue weighted by Crippen LogP contribution is 2.37. The van der Waals surface area contributed by atoms with Crippen molar-refractivity contribution in [3.05, 3.63) is 0 Å². The van der Waals surface area contributed by atoms with Crippen molar-refractivity contribution in [2.45, 2.75) is 31.2 Å². The van der Waals surface area contributed by atoms with Crippen LogP contribution in [0.15, 0.2) is 0 Å². The molecule has 1 aliphatic rings. The zero-order valence-corrected chi connectivity index (χ0v) is 12.2. The third kappa shape index (κ3) is 2.59. The monoisotopic (exact) mass is 444 g/mol. The molecule has 4 atom stereocenters. The van der Waals surface area contributed by atoms with Crippen molar-refractivity contribution in [2.24, 2.45) is 0 Å². The molecule has 1 saturated carbocycles. The van der Waals surface area contributed by atoms with Crippen LogP contribution in [0.3, 0.4) is 0 Å². The van der Waals surface area contributed by atoms with Crippen LogP contribution < -0.4 is 0 Å². The predicted octanol–water partition coefficient (Wildman–Crippen LogP) is 3.87. The minimum Gasteiger partial charge on any atom is -0.0879 e. The van der Waals surface area contributed by atoms with E-state index in [1.54, 1.807) is 0 Å². The van der Waals surface area contributed by atoms with E-state index in [0.29, 0.717) is 14.5 Å². The van der Waals surface area contributed by atoms with E-state index in [4.69, 9.17) is 0 Å². The quantitative estimate of drug-likeness (QED) is 0.391. The van der Waals surface area contributed by atoms with Crippen LogP contribution in [0.5, 0.6) is 0 Å². The molecule has 0 aliphatic heterocycles. The molecule has 1 rings (SSSR count). The summed E-state index contributed by atoms with van der Waals surface area (Å²) in [4.78, 5) is 1.98. The van der Waals surface area contributed by atoms with Crippen LogP contribution in [0.25, 0.3) is 0 Å². The highest BCUT2D eigenvalue weighted by Gasteiger charge is 2.31. The Morgan fingerprint density at radius 2 is 1.40 bits per heavy atom. The second-order valence-corrected chi connectivity index (χ2v) is 7.66. The molecule has 0 radical (unpaired) electrons. The van der Waals surface area contributed by atoms with Crippen molar-refractivity contribution in [3.8, 4) is 0 Å². The average Bonchev–Trinajstić information content (AvgIpc) is 1.84. The lowest BCUT2D eigenvalue weighted by Gasteiger charge is -2.30. The fourth-order valence-corrected chi connectivity index (χ4v) is 4.92. The molecular formula is C6H8Br3I. The van der Waals surface area contributed by atoms with Gasteiger partial charge in [-0.2, -0.15) is 0 Å². The largest absolute Gasteiger partial charge is 0.0879 e. The number of rotatable bonds is 0. The molecule has 4 heteroatoms. The summed E-state index contributed by atoms with van der Waals surface area (Å²) in [5.74, 6) is 0. The molecule has 0 aromatic carbocycles. The van der Waals surface area contributed by atoms with Crippen LogP contribution in [0.2, 0.25) is 0 Å². The average molecular weight is 447 g/mol. The first-order valence-corrected chi connectivity index (χ1v) is 7.17. The fourth-order valence-electron chi connectivity index (χ4n) is 1.02. The first-order chi connectivity index (χ1) is 4.61. The molecule has 0 aromatic rings. The Labute approximate surface area is 100 Å². The molecule has 0 saturated heterocycles. The molecule has 60 valence electrons. The topological polar surface area (TPSA) is 0 Å². The smallest absolute Gasteiger partial charge is 0.0282 e. The van der Waals surface area contributed by atoms with Crippen LogP contribution >= 0.6 is 70.4 Å². The van der Waals surface area contributed by atoms with Gasteiger partial charge < -0.3 is 0 Å². The summed E-state index contributed by atoms with van der Waals surface area (Å²) in [6, 6.07) is 0. The molecule has 4 unspecified atom stereocenters. The van der Waals surface area contributed by atoms with Gasteiger partial charge in [-0.05, 0) is 12.8 Å². The lowest BCUT2D eigenvalue weighted by atomic mass is 10.0. The Bertz CT molecular complexity index is 93.6. The zero-order valence-electron chi connectivity index (χ0n) is 5.24. The minimum atomic E-state index is 0.642. The maximum absolute atomic E-state index is 3.66. The summed E-state index contributed by atoms with van der Waals surface area (Å²) in [7, 11) is 0. The molecule has 0 amide bonds. The van der Waals surface area contributed by atoms with Crippen LogP contribution in [-0.2, 0) is 0 Å². The SMILES string of the molecule is BrC1CC(Br)C(I)CC1Br. The van der Waals surface area contributed by atoms with E-state index in [1.807, 2.05) is 0 Å². The van der Waals surface area contributed by atoms with Crippen LogP contribution in [0.1, 0.15) is 12.8 Å². The molecule has 1 aliphatic carbocycles. The van der Waals surface area contributed by atoms with Gasteiger partial charge in [0.1, 0.15) is 0 Å². The van der Waals surface area contributed by atoms with Gasteiger partial charge in [-0.25, -0.2) is 0 Å². The normalized spacial score (nSPS) is 49.2. The van der Waals surface area contributed by atoms with Gasteiger partial charge in [0, 0.05) is 18.4 Å². The van der Waals surface area contributed by atoms with E-state index in [2.05, 4.69) is 70.4 Å². The van der Waals surface area contributed by atoms with Crippen molar-refractivity contribution in [2.75, 3.05) is 0 Å². The Kier molecular flexibility index (Phi) is 4.53. The third-order valence-electron chi connectivity index (χ3n) is 1.69. The van der Waals surface area contributed by atoms with Crippen LogP contribution in [0.4, 0.5) is 0 Å². The Hall–Kier alpha value is 2.17. The maximum Gasteiger partial charge on any atom is 0.0282 e. The Morgan fingerprint density at radius 3 is 1.90 bits per heavy atom. The lowest BCUT2D eigenvalue weighted by molar-refractivity contribution is 0.583. The Balaban J connectivity index is 2.46. The van der Waals surface area contributed by atoms with Gasteiger partial charge in [0.15, 0.2) is 0 Å². The molecule has 0 N–H and O–H groups in total. The van der Waals surface area contributed by atoms with Crippen molar-refractivity contribution < 1.29 is 0 Å². The summed E-state index contributed by atoms with van der Waals surface area (Å²) in [6.07, 6.45) is 2.48. The van der Waals surface area contributed by atoms with Crippen molar-refractivity contribution in [3.63, 3.8) is 0 Å². The molecule has 0 aromatic heterocycles. The summed E-state index contributed by atoms with van der Waals surface area (Å²) in [6.45, 7) is 0. The molecule has 0 spiro atoms. The number of halogens is 4. The zero-order chi connectivity index (χ0) is 7.72. The molecule has 10 heavy (non-hydrogen) atoms. The summed E-state index contributed by atoms with van der Waals surface area (Å²) >= 11 is 13.5. The van der Waals surface area contributed by atoms with Crippen molar-refractivity contribution in [1.82, 2.24) is 0 Å². The van der Waals surface area contributed by atoms with Crippen molar-refractivity contribution >= 4 is 70.4 Å². The molecule has 1 fully saturated rings. The van der Waals surface area contributed by atoms with E-state index < -0.39 is 0 Å². The third-order valence-corrected chi connectivity index (χ3v) is 7.80. The van der Waals surface area contributed by atoms with Crippen molar-refractivity contribution in [1.29, 1.82) is 0 Å². The molecular weight excluding hydrogens is 439 g/mol. The maximum atomic E-state index is 3.66.